The van der Waals surface area contributed by atoms with Gasteiger partial charge < -0.3 is 5.32 Å². The van der Waals surface area contributed by atoms with Crippen molar-refractivity contribution in [1.29, 1.82) is 0 Å². The van der Waals surface area contributed by atoms with Crippen molar-refractivity contribution in [2.45, 2.75) is 66.2 Å². The summed E-state index contributed by atoms with van der Waals surface area (Å²) in [6.07, 6.45) is 0. The molecular formula is C14H27N3S. The Bertz CT molecular complexity index is 352. The molecular weight excluding hydrogens is 242 g/mol. The van der Waals surface area contributed by atoms with Gasteiger partial charge in [0.2, 0.25) is 0 Å². The summed E-state index contributed by atoms with van der Waals surface area (Å²) in [6, 6.07) is 0.577. The Labute approximate surface area is 116 Å². The fraction of sp³-hybridized carbons (Fsp3) is 0.786. The molecule has 0 atom stereocenters. The molecule has 1 rings (SSSR count). The van der Waals surface area contributed by atoms with Crippen LogP contribution < -0.4 is 5.32 Å². The van der Waals surface area contributed by atoms with Crippen LogP contribution in [0.3, 0.4) is 0 Å². The smallest absolute Gasteiger partial charge is 0.107 e. The first kappa shape index (κ1) is 15.6. The Hall–Kier alpha value is -0.450. The summed E-state index contributed by atoms with van der Waals surface area (Å²) in [5.74, 6) is 0. The topological polar surface area (TPSA) is 28.2 Å². The van der Waals surface area contributed by atoms with Crippen molar-refractivity contribution < 1.29 is 0 Å². The zero-order valence-corrected chi connectivity index (χ0v) is 13.4. The number of hydrogen-bond acceptors (Lipinski definition) is 4. The third kappa shape index (κ3) is 5.46. The molecule has 0 saturated heterocycles. The van der Waals surface area contributed by atoms with E-state index in [-0.39, 0.29) is 5.54 Å². The first-order chi connectivity index (χ1) is 8.31. The van der Waals surface area contributed by atoms with Crippen LogP contribution in [0, 0.1) is 0 Å². The highest BCUT2D eigenvalue weighted by Gasteiger charge is 2.12. The van der Waals surface area contributed by atoms with Crippen LogP contribution in [-0.2, 0) is 13.1 Å². The number of aromatic nitrogens is 1. The minimum Gasteiger partial charge on any atom is -0.306 e. The molecule has 104 valence electrons. The minimum absolute atomic E-state index is 0.152. The average Bonchev–Trinajstić information content (AvgIpc) is 2.69. The quantitative estimate of drug-likeness (QED) is 0.859. The normalized spacial score (nSPS) is 12.7. The lowest BCUT2D eigenvalue weighted by Gasteiger charge is -2.23. The van der Waals surface area contributed by atoms with Crippen LogP contribution in [0.4, 0.5) is 0 Å². The van der Waals surface area contributed by atoms with Gasteiger partial charge in [-0.3, -0.25) is 4.90 Å². The van der Waals surface area contributed by atoms with Gasteiger partial charge >= 0.3 is 0 Å². The fourth-order valence-electron chi connectivity index (χ4n) is 1.71. The first-order valence-corrected chi connectivity index (χ1v) is 7.62. The number of thiazole rings is 1. The van der Waals surface area contributed by atoms with E-state index in [0.717, 1.165) is 19.6 Å². The van der Waals surface area contributed by atoms with Gasteiger partial charge in [-0.2, -0.15) is 0 Å². The van der Waals surface area contributed by atoms with E-state index in [4.69, 9.17) is 4.98 Å². The molecule has 1 aromatic heterocycles. The summed E-state index contributed by atoms with van der Waals surface area (Å²) in [5, 5.41) is 6.84. The van der Waals surface area contributed by atoms with E-state index in [1.54, 1.807) is 11.3 Å². The summed E-state index contributed by atoms with van der Waals surface area (Å²) in [7, 11) is 0. The summed E-state index contributed by atoms with van der Waals surface area (Å²) < 4.78 is 0. The van der Waals surface area contributed by atoms with Gasteiger partial charge in [-0.25, -0.2) is 4.98 Å². The lowest BCUT2D eigenvalue weighted by molar-refractivity contribution is 0.222. The van der Waals surface area contributed by atoms with Crippen molar-refractivity contribution in [2.75, 3.05) is 6.54 Å². The molecule has 0 spiro atoms. The van der Waals surface area contributed by atoms with Crippen LogP contribution in [0.2, 0.25) is 0 Å². The Balaban J connectivity index is 2.52. The van der Waals surface area contributed by atoms with Gasteiger partial charge in [-0.05, 0) is 41.2 Å². The second-order valence-electron chi connectivity index (χ2n) is 5.99. The van der Waals surface area contributed by atoms with Gasteiger partial charge in [0, 0.05) is 30.1 Å². The molecule has 0 aliphatic carbocycles. The predicted molar refractivity (Wildman–Crippen MR) is 79.9 cm³/mol. The maximum atomic E-state index is 4.70. The molecule has 18 heavy (non-hydrogen) atoms. The molecule has 1 N–H and O–H groups in total. The largest absolute Gasteiger partial charge is 0.306 e. The number of rotatable bonds is 6. The van der Waals surface area contributed by atoms with Crippen LogP contribution in [0.1, 0.15) is 52.2 Å². The average molecular weight is 269 g/mol. The maximum Gasteiger partial charge on any atom is 0.107 e. The number of hydrogen-bond donors (Lipinski definition) is 1. The Kier molecular flexibility index (Phi) is 5.76. The summed E-state index contributed by atoms with van der Waals surface area (Å²) in [6.45, 7) is 16.1. The van der Waals surface area contributed by atoms with Gasteiger partial charge in [-0.1, -0.05) is 6.92 Å². The van der Waals surface area contributed by atoms with Crippen molar-refractivity contribution in [3.8, 4) is 0 Å². The molecule has 4 heteroatoms. The molecule has 0 aliphatic heterocycles. The van der Waals surface area contributed by atoms with Crippen molar-refractivity contribution in [2.24, 2.45) is 0 Å². The van der Waals surface area contributed by atoms with E-state index in [9.17, 15) is 0 Å². The van der Waals surface area contributed by atoms with Crippen LogP contribution in [-0.4, -0.2) is 28.0 Å². The number of nitrogens with zero attached hydrogens (tertiary/aromatic N) is 2. The van der Waals surface area contributed by atoms with Crippen molar-refractivity contribution >= 4 is 11.3 Å². The highest BCUT2D eigenvalue weighted by molar-refractivity contribution is 7.09. The van der Waals surface area contributed by atoms with Crippen LogP contribution in [0.15, 0.2) is 5.38 Å². The highest BCUT2D eigenvalue weighted by atomic mass is 32.1. The second kappa shape index (κ2) is 6.64. The van der Waals surface area contributed by atoms with Crippen LogP contribution >= 0.6 is 11.3 Å². The highest BCUT2D eigenvalue weighted by Crippen LogP contribution is 2.14. The van der Waals surface area contributed by atoms with E-state index in [2.05, 4.69) is 57.1 Å². The summed E-state index contributed by atoms with van der Waals surface area (Å²) in [4.78, 5) is 7.12. The molecule has 1 aromatic rings. The molecule has 0 unspecified atom stereocenters. The molecule has 0 aliphatic rings. The van der Waals surface area contributed by atoms with Crippen LogP contribution in [0.5, 0.6) is 0 Å². The second-order valence-corrected chi connectivity index (χ2v) is 6.94. The third-order valence-electron chi connectivity index (χ3n) is 2.87. The zero-order valence-electron chi connectivity index (χ0n) is 12.6. The molecule has 0 amide bonds. The third-order valence-corrected chi connectivity index (χ3v) is 3.77. The Morgan fingerprint density at radius 3 is 2.56 bits per heavy atom. The fourth-order valence-corrected chi connectivity index (χ4v) is 2.44. The van der Waals surface area contributed by atoms with Crippen molar-refractivity contribution in [1.82, 2.24) is 15.2 Å². The van der Waals surface area contributed by atoms with Gasteiger partial charge in [0.1, 0.15) is 5.01 Å². The van der Waals surface area contributed by atoms with Crippen LogP contribution in [0.25, 0.3) is 0 Å². The molecule has 1 heterocycles. The van der Waals surface area contributed by atoms with E-state index in [1.807, 2.05) is 0 Å². The van der Waals surface area contributed by atoms with Gasteiger partial charge in [-0.15, -0.1) is 11.3 Å². The Morgan fingerprint density at radius 2 is 2.06 bits per heavy atom. The Morgan fingerprint density at radius 1 is 1.39 bits per heavy atom. The van der Waals surface area contributed by atoms with E-state index < -0.39 is 0 Å². The minimum atomic E-state index is 0.152. The monoisotopic (exact) mass is 269 g/mol. The lowest BCUT2D eigenvalue weighted by Crippen LogP contribution is -2.35. The first-order valence-electron chi connectivity index (χ1n) is 6.74. The SMILES string of the molecule is CCN(Cc1csc(CNC(C)(C)C)n1)C(C)C. The predicted octanol–water partition coefficient (Wildman–Crippen LogP) is 3.26. The lowest BCUT2D eigenvalue weighted by atomic mass is 10.1. The van der Waals surface area contributed by atoms with Crippen molar-refractivity contribution in [3.63, 3.8) is 0 Å². The molecule has 0 aromatic carbocycles. The van der Waals surface area contributed by atoms with Crippen molar-refractivity contribution in [3.05, 3.63) is 16.1 Å². The molecule has 0 bridgehead atoms. The maximum absolute atomic E-state index is 4.70. The number of nitrogens with one attached hydrogen (secondary N) is 1. The molecule has 0 fully saturated rings. The zero-order chi connectivity index (χ0) is 13.8. The molecule has 0 radical (unpaired) electrons. The summed E-state index contributed by atoms with van der Waals surface area (Å²) in [5.41, 5.74) is 1.35. The van der Waals surface area contributed by atoms with E-state index >= 15 is 0 Å². The van der Waals surface area contributed by atoms with Gasteiger partial charge in [0.05, 0.1) is 5.69 Å². The van der Waals surface area contributed by atoms with Gasteiger partial charge in [0.15, 0.2) is 0 Å². The van der Waals surface area contributed by atoms with E-state index in [0.29, 0.717) is 6.04 Å². The molecule has 0 saturated carbocycles. The van der Waals surface area contributed by atoms with E-state index in [1.165, 1.54) is 10.7 Å². The summed E-state index contributed by atoms with van der Waals surface area (Å²) >= 11 is 1.75. The van der Waals surface area contributed by atoms with Gasteiger partial charge in [0.25, 0.3) is 0 Å². The molecule has 3 nitrogen and oxygen atoms in total. The standard InChI is InChI=1S/C14H27N3S/c1-7-17(11(2)3)9-12-10-18-13(16-12)8-15-14(4,5)6/h10-11,15H,7-9H2,1-6H3.